The van der Waals surface area contributed by atoms with Gasteiger partial charge in [0.1, 0.15) is 18.1 Å². The normalized spacial score (nSPS) is 15.2. The molecule has 6 nitrogen and oxygen atoms in total. The number of benzene rings is 2. The predicted octanol–water partition coefficient (Wildman–Crippen LogP) is 4.16. The summed E-state index contributed by atoms with van der Waals surface area (Å²) in [6.07, 6.45) is 1.52. The van der Waals surface area contributed by atoms with Crippen LogP contribution in [0.3, 0.4) is 0 Å². The number of imide groups is 1. The van der Waals surface area contributed by atoms with Gasteiger partial charge in [-0.25, -0.2) is 4.39 Å². The van der Waals surface area contributed by atoms with E-state index in [1.807, 2.05) is 0 Å². The number of rotatable bonds is 5. The van der Waals surface area contributed by atoms with Gasteiger partial charge in [0.2, 0.25) is 5.91 Å². The van der Waals surface area contributed by atoms with Gasteiger partial charge in [0.15, 0.2) is 0 Å². The lowest BCUT2D eigenvalue weighted by Crippen LogP contribution is -2.36. The average molecular weight is 421 g/mol. The SMILES string of the molecule is COc1ccc(/C=C2\SC(=O)N(CC(=O)Nc3ccc(F)cc3)C2=O)cc1Cl. The summed E-state index contributed by atoms with van der Waals surface area (Å²) in [5.74, 6) is -1.09. The number of nitrogens with one attached hydrogen (secondary N) is 1. The molecule has 9 heteroatoms. The monoisotopic (exact) mass is 420 g/mol. The van der Waals surface area contributed by atoms with Gasteiger partial charge in [-0.3, -0.25) is 19.3 Å². The number of carbonyl (C=O) groups is 3. The van der Waals surface area contributed by atoms with Crippen LogP contribution in [0, 0.1) is 5.82 Å². The number of amides is 3. The molecule has 1 saturated heterocycles. The van der Waals surface area contributed by atoms with Crippen LogP contribution < -0.4 is 10.1 Å². The first kappa shape index (κ1) is 19.9. The number of methoxy groups -OCH3 is 1. The third-order valence-electron chi connectivity index (χ3n) is 3.78. The summed E-state index contributed by atoms with van der Waals surface area (Å²) in [7, 11) is 1.49. The number of nitrogens with zero attached hydrogens (tertiary/aromatic N) is 1. The fourth-order valence-corrected chi connectivity index (χ4v) is 3.54. The van der Waals surface area contributed by atoms with Gasteiger partial charge in [-0.15, -0.1) is 0 Å². The van der Waals surface area contributed by atoms with Crippen LogP contribution >= 0.6 is 23.4 Å². The molecule has 2 aromatic rings. The molecule has 1 N–H and O–H groups in total. The molecule has 0 spiro atoms. The Morgan fingerprint density at radius 1 is 1.25 bits per heavy atom. The third kappa shape index (κ3) is 4.52. The maximum Gasteiger partial charge on any atom is 0.294 e. The van der Waals surface area contributed by atoms with Gasteiger partial charge >= 0.3 is 0 Å². The van der Waals surface area contributed by atoms with Crippen molar-refractivity contribution in [3.8, 4) is 5.75 Å². The molecule has 144 valence electrons. The van der Waals surface area contributed by atoms with Gasteiger partial charge in [0.05, 0.1) is 17.0 Å². The Hall–Kier alpha value is -2.84. The predicted molar refractivity (Wildman–Crippen MR) is 106 cm³/mol. The highest BCUT2D eigenvalue weighted by Gasteiger charge is 2.36. The molecule has 1 fully saturated rings. The van der Waals surface area contributed by atoms with Crippen LogP contribution in [-0.4, -0.2) is 35.6 Å². The van der Waals surface area contributed by atoms with Crippen molar-refractivity contribution in [3.05, 3.63) is 63.8 Å². The Kier molecular flexibility index (Phi) is 6.01. The van der Waals surface area contributed by atoms with Crippen molar-refractivity contribution in [2.24, 2.45) is 0 Å². The lowest BCUT2D eigenvalue weighted by atomic mass is 10.2. The zero-order valence-corrected chi connectivity index (χ0v) is 16.1. The van der Waals surface area contributed by atoms with Crippen LogP contribution in [0.1, 0.15) is 5.56 Å². The molecule has 0 unspecified atom stereocenters. The Morgan fingerprint density at radius 3 is 2.61 bits per heavy atom. The second-order valence-corrected chi connectivity index (χ2v) is 7.12. The van der Waals surface area contributed by atoms with Crippen molar-refractivity contribution in [2.75, 3.05) is 19.0 Å². The van der Waals surface area contributed by atoms with Gasteiger partial charge in [-0.1, -0.05) is 17.7 Å². The van der Waals surface area contributed by atoms with E-state index in [0.29, 0.717) is 22.0 Å². The molecule has 2 aromatic carbocycles. The summed E-state index contributed by atoms with van der Waals surface area (Å²) < 4.78 is 18.0. The molecule has 0 aliphatic carbocycles. The number of ether oxygens (including phenoxy) is 1. The molecule has 0 saturated carbocycles. The van der Waals surface area contributed by atoms with Crippen LogP contribution in [-0.2, 0) is 9.59 Å². The standard InChI is InChI=1S/C19H14ClFN2O4S/c1-27-15-7-2-11(8-14(15)20)9-16-18(25)23(19(26)28-16)10-17(24)22-13-5-3-12(21)4-6-13/h2-9H,10H2,1H3,(H,22,24)/b16-9-. The molecule has 3 amide bonds. The molecule has 1 heterocycles. The quantitative estimate of drug-likeness (QED) is 0.735. The van der Waals surface area contributed by atoms with E-state index in [9.17, 15) is 18.8 Å². The van der Waals surface area contributed by atoms with Crippen molar-refractivity contribution in [2.45, 2.75) is 0 Å². The van der Waals surface area contributed by atoms with E-state index >= 15 is 0 Å². The van der Waals surface area contributed by atoms with E-state index in [1.165, 1.54) is 37.5 Å². The lowest BCUT2D eigenvalue weighted by Gasteiger charge is -2.12. The average Bonchev–Trinajstić information content (AvgIpc) is 2.91. The molecular formula is C19H14ClFN2O4S. The summed E-state index contributed by atoms with van der Waals surface area (Å²) in [6, 6.07) is 10.1. The summed E-state index contributed by atoms with van der Waals surface area (Å²) in [4.78, 5) is 37.8. The molecule has 0 radical (unpaired) electrons. The van der Waals surface area contributed by atoms with Crippen molar-refractivity contribution in [1.82, 2.24) is 4.90 Å². The van der Waals surface area contributed by atoms with E-state index in [4.69, 9.17) is 16.3 Å². The summed E-state index contributed by atoms with van der Waals surface area (Å²) in [5, 5.41) is 2.33. The minimum Gasteiger partial charge on any atom is -0.495 e. The van der Waals surface area contributed by atoms with E-state index in [-0.39, 0.29) is 4.91 Å². The molecular weight excluding hydrogens is 407 g/mol. The fourth-order valence-electron chi connectivity index (χ4n) is 2.44. The highest BCUT2D eigenvalue weighted by Crippen LogP contribution is 2.33. The molecule has 1 aliphatic rings. The van der Waals surface area contributed by atoms with Crippen LogP contribution in [0.25, 0.3) is 6.08 Å². The van der Waals surface area contributed by atoms with Gasteiger partial charge in [-0.2, -0.15) is 0 Å². The number of carbonyl (C=O) groups excluding carboxylic acids is 3. The van der Waals surface area contributed by atoms with Crippen LogP contribution in [0.5, 0.6) is 5.75 Å². The zero-order chi connectivity index (χ0) is 20.3. The Labute approximate surface area is 169 Å². The minimum absolute atomic E-state index is 0.181. The molecule has 28 heavy (non-hydrogen) atoms. The highest BCUT2D eigenvalue weighted by atomic mass is 35.5. The van der Waals surface area contributed by atoms with Gasteiger partial charge in [-0.05, 0) is 59.8 Å². The summed E-state index contributed by atoms with van der Waals surface area (Å²) in [5.41, 5.74) is 0.980. The van der Waals surface area contributed by atoms with Crippen LogP contribution in [0.15, 0.2) is 47.4 Å². The lowest BCUT2D eigenvalue weighted by molar-refractivity contribution is -0.127. The van der Waals surface area contributed by atoms with Gasteiger partial charge < -0.3 is 10.1 Å². The molecule has 0 aromatic heterocycles. The second-order valence-electron chi connectivity index (χ2n) is 5.72. The van der Waals surface area contributed by atoms with Crippen LogP contribution in [0.2, 0.25) is 5.02 Å². The van der Waals surface area contributed by atoms with Crippen molar-refractivity contribution < 1.29 is 23.5 Å². The van der Waals surface area contributed by atoms with Gasteiger partial charge in [0, 0.05) is 5.69 Å². The Morgan fingerprint density at radius 2 is 1.96 bits per heavy atom. The number of anilines is 1. The van der Waals surface area contributed by atoms with Crippen molar-refractivity contribution in [3.63, 3.8) is 0 Å². The smallest absolute Gasteiger partial charge is 0.294 e. The topological polar surface area (TPSA) is 75.7 Å². The van der Waals surface area contributed by atoms with Gasteiger partial charge in [0.25, 0.3) is 11.1 Å². The number of thioether (sulfide) groups is 1. The van der Waals surface area contributed by atoms with Crippen LogP contribution in [0.4, 0.5) is 14.9 Å². The number of halogens is 2. The zero-order valence-electron chi connectivity index (χ0n) is 14.6. The van der Waals surface area contributed by atoms with Crippen molar-refractivity contribution in [1.29, 1.82) is 0 Å². The van der Waals surface area contributed by atoms with E-state index in [2.05, 4.69) is 5.32 Å². The maximum absolute atomic E-state index is 12.9. The largest absolute Gasteiger partial charge is 0.495 e. The third-order valence-corrected chi connectivity index (χ3v) is 4.98. The molecule has 0 atom stereocenters. The molecule has 0 bridgehead atoms. The number of hydrogen-bond acceptors (Lipinski definition) is 5. The summed E-state index contributed by atoms with van der Waals surface area (Å²) in [6.45, 7) is -0.442. The van der Waals surface area contributed by atoms with E-state index in [0.717, 1.165) is 16.7 Å². The summed E-state index contributed by atoms with van der Waals surface area (Å²) >= 11 is 6.80. The molecule has 3 rings (SSSR count). The fraction of sp³-hybridized carbons (Fsp3) is 0.105. The Bertz CT molecular complexity index is 978. The first-order valence-electron chi connectivity index (χ1n) is 8.01. The second kappa shape index (κ2) is 8.45. The first-order chi connectivity index (χ1) is 13.4. The van der Waals surface area contributed by atoms with E-state index < -0.39 is 29.4 Å². The maximum atomic E-state index is 12.9. The minimum atomic E-state index is -0.573. The number of hydrogen-bond donors (Lipinski definition) is 1. The Balaban J connectivity index is 1.69. The highest BCUT2D eigenvalue weighted by molar-refractivity contribution is 8.18. The van der Waals surface area contributed by atoms with E-state index in [1.54, 1.807) is 18.2 Å². The first-order valence-corrected chi connectivity index (χ1v) is 9.21. The molecule has 1 aliphatic heterocycles. The van der Waals surface area contributed by atoms with Crippen molar-refractivity contribution >= 4 is 52.2 Å².